The number of nitrogen functional groups attached to an aromatic ring is 1. The van der Waals surface area contributed by atoms with Crippen LogP contribution >= 0.6 is 11.7 Å². The molecule has 1 aromatic heterocycles. The van der Waals surface area contributed by atoms with Gasteiger partial charge in [0, 0.05) is 11.3 Å². The highest BCUT2D eigenvalue weighted by Crippen LogP contribution is 2.31. The van der Waals surface area contributed by atoms with Crippen molar-refractivity contribution < 1.29 is 0 Å². The van der Waals surface area contributed by atoms with Crippen LogP contribution in [0, 0.1) is 6.92 Å². The Labute approximate surface area is 103 Å². The molecule has 3 nitrogen and oxygen atoms in total. The minimum atomic E-state index is 0.808. The normalized spacial score (nSPS) is 10.9. The van der Waals surface area contributed by atoms with Gasteiger partial charge in [0.15, 0.2) is 0 Å². The minimum Gasteiger partial charge on any atom is -0.398 e. The summed E-state index contributed by atoms with van der Waals surface area (Å²) in [5.41, 5.74) is 12.0. The maximum atomic E-state index is 5.94. The Bertz CT molecular complexity index is 688. The third-order valence-electron chi connectivity index (χ3n) is 2.95. The molecule has 0 spiro atoms. The predicted octanol–water partition coefficient (Wildman–Crippen LogP) is 3.25. The number of hydrogen-bond acceptors (Lipinski definition) is 4. The third-order valence-corrected chi connectivity index (χ3v) is 3.49. The van der Waals surface area contributed by atoms with Crippen molar-refractivity contribution in [1.29, 1.82) is 0 Å². The largest absolute Gasteiger partial charge is 0.398 e. The van der Waals surface area contributed by atoms with Crippen molar-refractivity contribution >= 4 is 28.4 Å². The molecule has 0 fully saturated rings. The molecule has 3 rings (SSSR count). The van der Waals surface area contributed by atoms with Crippen molar-refractivity contribution in [2.45, 2.75) is 6.92 Å². The fourth-order valence-corrected chi connectivity index (χ4v) is 2.52. The molecule has 0 aliphatic heterocycles. The smallest absolute Gasteiger partial charge is 0.112 e. The lowest BCUT2D eigenvalue weighted by Crippen LogP contribution is -1.92. The maximum Gasteiger partial charge on any atom is 0.112 e. The van der Waals surface area contributed by atoms with E-state index in [2.05, 4.69) is 20.9 Å². The molecule has 0 atom stereocenters. The first-order chi connectivity index (χ1) is 8.27. The first-order valence-corrected chi connectivity index (χ1v) is 6.07. The Balaban J connectivity index is 2.34. The summed E-state index contributed by atoms with van der Waals surface area (Å²) in [6.45, 7) is 2.03. The summed E-state index contributed by atoms with van der Waals surface area (Å²) in [5.74, 6) is 0. The maximum absolute atomic E-state index is 5.94. The summed E-state index contributed by atoms with van der Waals surface area (Å²) in [4.78, 5) is 0. The van der Waals surface area contributed by atoms with Gasteiger partial charge in [-0.1, -0.05) is 24.3 Å². The number of aromatic nitrogens is 2. The second kappa shape index (κ2) is 3.82. The standard InChI is InChI=1S/C13H11N3S/c1-8-9(4-2-6-11(8)14)10-5-3-7-12-13(10)16-17-15-12/h2-7H,14H2,1H3. The van der Waals surface area contributed by atoms with Crippen LogP contribution in [0.4, 0.5) is 5.69 Å². The van der Waals surface area contributed by atoms with Crippen LogP contribution in [0.25, 0.3) is 22.2 Å². The van der Waals surface area contributed by atoms with Crippen molar-refractivity contribution in [1.82, 2.24) is 8.75 Å². The van der Waals surface area contributed by atoms with E-state index >= 15 is 0 Å². The van der Waals surface area contributed by atoms with Crippen molar-refractivity contribution in [3.05, 3.63) is 42.0 Å². The molecule has 0 saturated heterocycles. The molecule has 0 amide bonds. The van der Waals surface area contributed by atoms with Crippen LogP contribution in [0.1, 0.15) is 5.56 Å². The highest BCUT2D eigenvalue weighted by Gasteiger charge is 2.10. The summed E-state index contributed by atoms with van der Waals surface area (Å²) in [6, 6.07) is 12.0. The van der Waals surface area contributed by atoms with Gasteiger partial charge in [-0.25, -0.2) is 0 Å². The second-order valence-corrected chi connectivity index (χ2v) is 4.49. The number of fused-ring (bicyclic) bond motifs is 1. The van der Waals surface area contributed by atoms with Gasteiger partial charge in [-0.3, -0.25) is 0 Å². The van der Waals surface area contributed by atoms with Gasteiger partial charge in [-0.15, -0.1) is 0 Å². The number of rotatable bonds is 1. The molecule has 4 heteroatoms. The van der Waals surface area contributed by atoms with E-state index in [1.54, 1.807) is 0 Å². The monoisotopic (exact) mass is 241 g/mol. The van der Waals surface area contributed by atoms with E-state index in [0.717, 1.165) is 33.4 Å². The molecule has 0 aliphatic carbocycles. The fourth-order valence-electron chi connectivity index (χ4n) is 1.97. The van der Waals surface area contributed by atoms with Gasteiger partial charge in [0.05, 0.1) is 11.7 Å². The van der Waals surface area contributed by atoms with Crippen LogP contribution in [0.5, 0.6) is 0 Å². The van der Waals surface area contributed by atoms with Crippen LogP contribution in [0.3, 0.4) is 0 Å². The van der Waals surface area contributed by atoms with E-state index in [0.29, 0.717) is 0 Å². The molecule has 0 radical (unpaired) electrons. The molecule has 0 bridgehead atoms. The zero-order valence-electron chi connectivity index (χ0n) is 9.34. The van der Waals surface area contributed by atoms with Gasteiger partial charge in [0.2, 0.25) is 0 Å². The van der Waals surface area contributed by atoms with Gasteiger partial charge in [-0.2, -0.15) is 8.75 Å². The van der Waals surface area contributed by atoms with Crippen LogP contribution in [0.15, 0.2) is 36.4 Å². The highest BCUT2D eigenvalue weighted by molar-refractivity contribution is 7.00. The minimum absolute atomic E-state index is 0.808. The number of anilines is 1. The lowest BCUT2D eigenvalue weighted by molar-refractivity contribution is 1.46. The second-order valence-electron chi connectivity index (χ2n) is 3.96. The summed E-state index contributed by atoms with van der Waals surface area (Å²) in [5, 5.41) is 0. The molecule has 84 valence electrons. The zero-order valence-corrected chi connectivity index (χ0v) is 10.2. The molecule has 1 heterocycles. The zero-order chi connectivity index (χ0) is 11.8. The van der Waals surface area contributed by atoms with E-state index in [-0.39, 0.29) is 0 Å². The Morgan fingerprint density at radius 3 is 2.65 bits per heavy atom. The van der Waals surface area contributed by atoms with Crippen molar-refractivity contribution in [3.8, 4) is 11.1 Å². The van der Waals surface area contributed by atoms with Gasteiger partial charge in [-0.05, 0) is 30.2 Å². The fraction of sp³-hybridized carbons (Fsp3) is 0.0769. The van der Waals surface area contributed by atoms with Crippen molar-refractivity contribution in [2.75, 3.05) is 5.73 Å². The lowest BCUT2D eigenvalue weighted by atomic mass is 9.98. The summed E-state index contributed by atoms with van der Waals surface area (Å²) < 4.78 is 8.61. The third kappa shape index (κ3) is 1.57. The van der Waals surface area contributed by atoms with Gasteiger partial charge < -0.3 is 5.73 Å². The summed E-state index contributed by atoms with van der Waals surface area (Å²) >= 11 is 1.24. The molecular weight excluding hydrogens is 230 g/mol. The molecule has 0 unspecified atom stereocenters. The Kier molecular flexibility index (Phi) is 2.30. The molecule has 0 aliphatic rings. The molecule has 2 N–H and O–H groups in total. The number of nitrogens with two attached hydrogens (primary N) is 1. The Morgan fingerprint density at radius 2 is 1.76 bits per heavy atom. The van der Waals surface area contributed by atoms with Crippen LogP contribution < -0.4 is 5.73 Å². The average molecular weight is 241 g/mol. The van der Waals surface area contributed by atoms with Gasteiger partial charge in [0.1, 0.15) is 11.0 Å². The number of hydrogen-bond donors (Lipinski definition) is 1. The van der Waals surface area contributed by atoms with Gasteiger partial charge >= 0.3 is 0 Å². The van der Waals surface area contributed by atoms with Crippen molar-refractivity contribution in [3.63, 3.8) is 0 Å². The SMILES string of the molecule is Cc1c(N)cccc1-c1cccc2nsnc12. The number of nitrogens with zero attached hydrogens (tertiary/aromatic N) is 2. The topological polar surface area (TPSA) is 51.8 Å². The van der Waals surface area contributed by atoms with Crippen LogP contribution in [-0.2, 0) is 0 Å². The van der Waals surface area contributed by atoms with Gasteiger partial charge in [0.25, 0.3) is 0 Å². The van der Waals surface area contributed by atoms with Crippen molar-refractivity contribution in [2.24, 2.45) is 0 Å². The first kappa shape index (κ1) is 10.2. The first-order valence-electron chi connectivity index (χ1n) is 5.34. The van der Waals surface area contributed by atoms with Crippen LogP contribution in [-0.4, -0.2) is 8.75 Å². The molecule has 2 aromatic carbocycles. The molecule has 17 heavy (non-hydrogen) atoms. The van der Waals surface area contributed by atoms with E-state index in [1.165, 1.54) is 11.7 Å². The highest BCUT2D eigenvalue weighted by atomic mass is 32.1. The average Bonchev–Trinajstić information content (AvgIpc) is 2.81. The van der Waals surface area contributed by atoms with Crippen LogP contribution in [0.2, 0.25) is 0 Å². The predicted molar refractivity (Wildman–Crippen MR) is 72.0 cm³/mol. The van der Waals surface area contributed by atoms with E-state index in [9.17, 15) is 0 Å². The summed E-state index contributed by atoms with van der Waals surface area (Å²) in [6.07, 6.45) is 0. The Hall–Kier alpha value is -1.94. The molecular formula is C13H11N3S. The quantitative estimate of drug-likeness (QED) is 0.665. The van der Waals surface area contributed by atoms with E-state index in [1.807, 2.05) is 31.2 Å². The molecule has 3 aromatic rings. The Morgan fingerprint density at radius 1 is 1.00 bits per heavy atom. The van der Waals surface area contributed by atoms with E-state index in [4.69, 9.17) is 5.73 Å². The summed E-state index contributed by atoms with van der Waals surface area (Å²) in [7, 11) is 0. The lowest BCUT2D eigenvalue weighted by Gasteiger charge is -2.08. The number of benzene rings is 2. The molecule has 0 saturated carbocycles. The van der Waals surface area contributed by atoms with E-state index < -0.39 is 0 Å².